The van der Waals surface area contributed by atoms with Gasteiger partial charge in [-0.25, -0.2) is 0 Å². The number of carbonyl (C=O) groups excluding carboxylic acids is 1. The van der Waals surface area contributed by atoms with Crippen LogP contribution in [0.5, 0.6) is 0 Å². The van der Waals surface area contributed by atoms with Crippen molar-refractivity contribution in [1.82, 2.24) is 4.90 Å². The Bertz CT molecular complexity index is 415. The van der Waals surface area contributed by atoms with Gasteiger partial charge in [0.1, 0.15) is 12.3 Å². The zero-order chi connectivity index (χ0) is 14.5. The molecule has 1 heterocycles. The van der Waals surface area contributed by atoms with Gasteiger partial charge in [-0.05, 0) is 18.6 Å². The highest BCUT2D eigenvalue weighted by atomic mass is 19.4. The van der Waals surface area contributed by atoms with Crippen LogP contribution in [-0.4, -0.2) is 30.1 Å². The summed E-state index contributed by atoms with van der Waals surface area (Å²) in [6.45, 7) is 0.717. The molecule has 0 fully saturated rings. The Hall–Kier alpha value is -1.50. The van der Waals surface area contributed by atoms with E-state index in [-0.39, 0.29) is 18.8 Å². The van der Waals surface area contributed by atoms with Gasteiger partial charge in [-0.3, -0.25) is 4.79 Å². The van der Waals surface area contributed by atoms with E-state index >= 15 is 0 Å². The van der Waals surface area contributed by atoms with Gasteiger partial charge in [-0.1, -0.05) is 13.3 Å². The first-order chi connectivity index (χ1) is 8.87. The molecule has 0 bridgehead atoms. The van der Waals surface area contributed by atoms with Crippen molar-refractivity contribution in [2.45, 2.75) is 32.5 Å². The second kappa shape index (κ2) is 6.60. The van der Waals surface area contributed by atoms with Gasteiger partial charge in [0, 0.05) is 6.54 Å². The minimum Gasteiger partial charge on any atom is -0.455 e. The smallest absolute Gasteiger partial charge is 0.406 e. The quantitative estimate of drug-likeness (QED) is 0.870. The second-order valence-electron chi connectivity index (χ2n) is 4.17. The summed E-state index contributed by atoms with van der Waals surface area (Å²) < 4.78 is 42.4. The molecule has 0 aliphatic carbocycles. The van der Waals surface area contributed by atoms with E-state index in [1.54, 1.807) is 0 Å². The molecule has 7 heteroatoms. The Morgan fingerprint density at radius 1 is 1.42 bits per heavy atom. The van der Waals surface area contributed by atoms with Crippen molar-refractivity contribution in [3.8, 4) is 0 Å². The lowest BCUT2D eigenvalue weighted by atomic mass is 10.3. The summed E-state index contributed by atoms with van der Waals surface area (Å²) in [5.74, 6) is -0.503. The van der Waals surface area contributed by atoms with Crippen molar-refractivity contribution in [1.29, 1.82) is 0 Å². The maximum atomic E-state index is 12.4. The van der Waals surface area contributed by atoms with Crippen molar-refractivity contribution < 1.29 is 22.4 Å². The molecule has 1 aromatic rings. The fourth-order valence-electron chi connectivity index (χ4n) is 1.58. The first kappa shape index (κ1) is 15.6. The summed E-state index contributed by atoms with van der Waals surface area (Å²) in [6.07, 6.45) is -3.22. The molecular formula is C12H17F3N2O2. The fourth-order valence-corrected chi connectivity index (χ4v) is 1.58. The second-order valence-corrected chi connectivity index (χ2v) is 4.17. The zero-order valence-corrected chi connectivity index (χ0v) is 10.7. The molecule has 0 atom stereocenters. The van der Waals surface area contributed by atoms with Crippen LogP contribution in [0.1, 0.15) is 36.1 Å². The van der Waals surface area contributed by atoms with E-state index < -0.39 is 18.6 Å². The van der Waals surface area contributed by atoms with Crippen molar-refractivity contribution in [2.24, 2.45) is 5.73 Å². The maximum Gasteiger partial charge on any atom is 0.406 e. The molecule has 0 spiro atoms. The summed E-state index contributed by atoms with van der Waals surface area (Å²) in [7, 11) is 0. The topological polar surface area (TPSA) is 59.5 Å². The fraction of sp³-hybridized carbons (Fsp3) is 0.583. The van der Waals surface area contributed by atoms with Gasteiger partial charge < -0.3 is 15.1 Å². The molecular weight excluding hydrogens is 261 g/mol. The SMILES string of the molecule is CCCCN(CC(F)(F)F)C(=O)c1ccc(CN)o1. The van der Waals surface area contributed by atoms with Gasteiger partial charge >= 0.3 is 6.18 Å². The number of amides is 1. The standard InChI is InChI=1S/C12H17F3N2O2/c1-2-3-6-17(8-12(13,14)15)11(18)10-5-4-9(7-16)19-10/h4-5H,2-3,6-8,16H2,1H3. The average molecular weight is 278 g/mol. The maximum absolute atomic E-state index is 12.4. The summed E-state index contributed by atoms with van der Waals surface area (Å²) in [6, 6.07) is 2.83. The molecule has 1 amide bonds. The number of alkyl halides is 3. The summed E-state index contributed by atoms with van der Waals surface area (Å²) in [4.78, 5) is 12.7. The van der Waals surface area contributed by atoms with Crippen molar-refractivity contribution in [3.63, 3.8) is 0 Å². The predicted octanol–water partition coefficient (Wildman–Crippen LogP) is 2.54. The van der Waals surface area contributed by atoms with E-state index in [2.05, 4.69) is 0 Å². The molecule has 0 saturated carbocycles. The number of hydrogen-bond acceptors (Lipinski definition) is 3. The van der Waals surface area contributed by atoms with Crippen LogP contribution in [0.4, 0.5) is 13.2 Å². The normalized spacial score (nSPS) is 11.6. The number of nitrogens with two attached hydrogens (primary N) is 1. The number of halogens is 3. The summed E-state index contributed by atoms with van der Waals surface area (Å²) in [5.41, 5.74) is 5.32. The molecule has 0 unspecified atom stereocenters. The predicted molar refractivity (Wildman–Crippen MR) is 63.5 cm³/mol. The van der Waals surface area contributed by atoms with Gasteiger partial charge in [0.05, 0.1) is 6.54 Å². The lowest BCUT2D eigenvalue weighted by molar-refractivity contribution is -0.141. The molecule has 0 saturated heterocycles. The molecule has 2 N–H and O–H groups in total. The molecule has 4 nitrogen and oxygen atoms in total. The van der Waals surface area contributed by atoms with Crippen molar-refractivity contribution >= 4 is 5.91 Å². The molecule has 19 heavy (non-hydrogen) atoms. The van der Waals surface area contributed by atoms with Crippen LogP contribution in [0.3, 0.4) is 0 Å². The minimum atomic E-state index is -4.42. The lowest BCUT2D eigenvalue weighted by Gasteiger charge is -2.22. The van der Waals surface area contributed by atoms with E-state index in [1.807, 2.05) is 6.92 Å². The summed E-state index contributed by atoms with van der Waals surface area (Å²) in [5, 5.41) is 0. The van der Waals surface area contributed by atoms with Gasteiger partial charge in [-0.15, -0.1) is 0 Å². The number of unbranched alkanes of at least 4 members (excludes halogenated alkanes) is 1. The van der Waals surface area contributed by atoms with Crippen molar-refractivity contribution in [2.75, 3.05) is 13.1 Å². The average Bonchev–Trinajstić information content (AvgIpc) is 2.80. The number of hydrogen-bond donors (Lipinski definition) is 1. The van der Waals surface area contributed by atoms with Gasteiger partial charge in [0.2, 0.25) is 0 Å². The Kier molecular flexibility index (Phi) is 5.41. The van der Waals surface area contributed by atoms with Crippen LogP contribution in [-0.2, 0) is 6.54 Å². The minimum absolute atomic E-state index is 0.0491. The molecule has 108 valence electrons. The lowest BCUT2D eigenvalue weighted by Crippen LogP contribution is -2.39. The third kappa shape index (κ3) is 4.94. The number of nitrogens with zero attached hydrogens (tertiary/aromatic N) is 1. The van der Waals surface area contributed by atoms with Crippen LogP contribution in [0.25, 0.3) is 0 Å². The highest BCUT2D eigenvalue weighted by molar-refractivity contribution is 5.91. The van der Waals surface area contributed by atoms with Gasteiger partial charge in [-0.2, -0.15) is 13.2 Å². The van der Waals surface area contributed by atoms with E-state index in [0.29, 0.717) is 18.6 Å². The number of rotatable bonds is 6. The molecule has 1 rings (SSSR count). The Morgan fingerprint density at radius 2 is 2.11 bits per heavy atom. The third-order valence-corrected chi connectivity index (χ3v) is 2.51. The highest BCUT2D eigenvalue weighted by Crippen LogP contribution is 2.19. The Labute approximate surface area is 109 Å². The molecule has 0 aliphatic heterocycles. The first-order valence-electron chi connectivity index (χ1n) is 6.02. The first-order valence-corrected chi connectivity index (χ1v) is 6.02. The van der Waals surface area contributed by atoms with Crippen LogP contribution < -0.4 is 5.73 Å². The van der Waals surface area contributed by atoms with Crippen LogP contribution in [0.2, 0.25) is 0 Å². The number of furan rings is 1. The summed E-state index contributed by atoms with van der Waals surface area (Å²) >= 11 is 0. The van der Waals surface area contributed by atoms with Gasteiger partial charge in [0.25, 0.3) is 5.91 Å². The van der Waals surface area contributed by atoms with E-state index in [1.165, 1.54) is 12.1 Å². The zero-order valence-electron chi connectivity index (χ0n) is 10.7. The molecule has 0 aromatic carbocycles. The molecule has 1 aromatic heterocycles. The van der Waals surface area contributed by atoms with Crippen LogP contribution >= 0.6 is 0 Å². The molecule has 0 radical (unpaired) electrons. The Balaban J connectivity index is 2.80. The third-order valence-electron chi connectivity index (χ3n) is 2.51. The molecule has 0 aliphatic rings. The van der Waals surface area contributed by atoms with Crippen molar-refractivity contribution in [3.05, 3.63) is 23.7 Å². The highest BCUT2D eigenvalue weighted by Gasteiger charge is 2.33. The van der Waals surface area contributed by atoms with Crippen LogP contribution in [0, 0.1) is 0 Å². The monoisotopic (exact) mass is 278 g/mol. The number of carbonyl (C=O) groups is 1. The van der Waals surface area contributed by atoms with E-state index in [9.17, 15) is 18.0 Å². The van der Waals surface area contributed by atoms with Gasteiger partial charge in [0.15, 0.2) is 5.76 Å². The largest absolute Gasteiger partial charge is 0.455 e. The Morgan fingerprint density at radius 3 is 2.58 bits per heavy atom. The van der Waals surface area contributed by atoms with E-state index in [4.69, 9.17) is 10.2 Å². The van der Waals surface area contributed by atoms with E-state index in [0.717, 1.165) is 4.90 Å². The van der Waals surface area contributed by atoms with Crippen LogP contribution in [0.15, 0.2) is 16.5 Å².